The van der Waals surface area contributed by atoms with E-state index in [1.807, 2.05) is 17.7 Å². The monoisotopic (exact) mass is 331 g/mol. The van der Waals surface area contributed by atoms with E-state index < -0.39 is 0 Å². The third-order valence-electron chi connectivity index (χ3n) is 3.80. The lowest BCUT2D eigenvalue weighted by atomic mass is 10.0. The number of aromatic nitrogens is 2. The largest absolute Gasteiger partial charge is 0.353 e. The number of carbonyl (C=O) groups is 1. The van der Waals surface area contributed by atoms with E-state index in [1.54, 1.807) is 6.20 Å². The Morgan fingerprint density at radius 1 is 1.26 bits per heavy atom. The van der Waals surface area contributed by atoms with Gasteiger partial charge in [0.25, 0.3) is 0 Å². The summed E-state index contributed by atoms with van der Waals surface area (Å²) in [5, 5.41) is 3.81. The van der Waals surface area contributed by atoms with Crippen LogP contribution in [0, 0.1) is 0 Å². The summed E-state index contributed by atoms with van der Waals surface area (Å²) >= 11 is 1.46. The van der Waals surface area contributed by atoms with E-state index in [4.69, 9.17) is 0 Å². The molecule has 0 radical (unpaired) electrons. The van der Waals surface area contributed by atoms with Crippen LogP contribution < -0.4 is 5.32 Å². The smallest absolute Gasteiger partial charge is 0.230 e. The van der Waals surface area contributed by atoms with E-state index in [1.165, 1.54) is 17.3 Å². The molecular weight excluding hydrogens is 306 g/mol. The summed E-state index contributed by atoms with van der Waals surface area (Å²) in [5.74, 6) is 0.949. The van der Waals surface area contributed by atoms with Crippen LogP contribution >= 0.6 is 11.8 Å². The Balaban J connectivity index is 2.03. The molecule has 124 valence electrons. The maximum absolute atomic E-state index is 11.9. The average Bonchev–Trinajstić information content (AvgIpc) is 3.01. The third-order valence-corrected chi connectivity index (χ3v) is 4.76. The Morgan fingerprint density at radius 2 is 1.96 bits per heavy atom. The summed E-state index contributed by atoms with van der Waals surface area (Å²) < 4.78 is 2.02. The molecule has 2 aromatic rings. The first-order valence-corrected chi connectivity index (χ1v) is 9.05. The van der Waals surface area contributed by atoms with Gasteiger partial charge in [0.15, 0.2) is 5.16 Å². The number of hydrogen-bond acceptors (Lipinski definition) is 3. The fraction of sp³-hybridized carbons (Fsp3) is 0.444. The number of thioether (sulfide) groups is 1. The zero-order chi connectivity index (χ0) is 16.8. The van der Waals surface area contributed by atoms with E-state index in [2.05, 4.69) is 55.3 Å². The van der Waals surface area contributed by atoms with Crippen molar-refractivity contribution in [1.29, 1.82) is 0 Å². The van der Waals surface area contributed by atoms with Crippen LogP contribution in [0.15, 0.2) is 41.8 Å². The highest BCUT2D eigenvalue weighted by Crippen LogP contribution is 2.22. The highest BCUT2D eigenvalue weighted by molar-refractivity contribution is 7.99. The molecule has 1 heterocycles. The Kier molecular flexibility index (Phi) is 6.28. The van der Waals surface area contributed by atoms with Crippen LogP contribution in [0.2, 0.25) is 0 Å². The normalized spacial score (nSPS) is 12.4. The zero-order valence-electron chi connectivity index (χ0n) is 14.2. The number of amides is 1. The van der Waals surface area contributed by atoms with E-state index >= 15 is 0 Å². The van der Waals surface area contributed by atoms with Crippen molar-refractivity contribution >= 4 is 17.7 Å². The summed E-state index contributed by atoms with van der Waals surface area (Å²) in [6.45, 7) is 8.44. The molecule has 0 fully saturated rings. The van der Waals surface area contributed by atoms with Crippen molar-refractivity contribution in [3.63, 3.8) is 0 Å². The van der Waals surface area contributed by atoms with Gasteiger partial charge in [-0.05, 0) is 37.0 Å². The van der Waals surface area contributed by atoms with Gasteiger partial charge < -0.3 is 5.32 Å². The van der Waals surface area contributed by atoms with Crippen LogP contribution in [0.5, 0.6) is 0 Å². The molecule has 2 rings (SSSR count). The number of nitrogens with one attached hydrogen (secondary N) is 1. The minimum absolute atomic E-state index is 0.0501. The third kappa shape index (κ3) is 4.86. The van der Waals surface area contributed by atoms with Crippen molar-refractivity contribution in [3.8, 4) is 5.69 Å². The fourth-order valence-electron chi connectivity index (χ4n) is 2.16. The van der Waals surface area contributed by atoms with Gasteiger partial charge in [-0.3, -0.25) is 9.36 Å². The predicted octanol–water partition coefficient (Wildman–Crippen LogP) is 4.00. The van der Waals surface area contributed by atoms with Gasteiger partial charge >= 0.3 is 0 Å². The number of rotatable bonds is 7. The summed E-state index contributed by atoms with van der Waals surface area (Å²) in [5.41, 5.74) is 2.38. The molecule has 1 N–H and O–H groups in total. The lowest BCUT2D eigenvalue weighted by Gasteiger charge is -2.12. The molecule has 23 heavy (non-hydrogen) atoms. The number of hydrogen-bond donors (Lipinski definition) is 1. The van der Waals surface area contributed by atoms with Crippen molar-refractivity contribution in [2.45, 2.75) is 51.2 Å². The maximum Gasteiger partial charge on any atom is 0.230 e. The molecule has 0 spiro atoms. The zero-order valence-corrected chi connectivity index (χ0v) is 15.1. The minimum atomic E-state index is 0.0501. The average molecular weight is 331 g/mol. The molecule has 0 aliphatic rings. The van der Waals surface area contributed by atoms with Crippen molar-refractivity contribution in [1.82, 2.24) is 14.9 Å². The highest BCUT2D eigenvalue weighted by atomic mass is 32.2. The Hall–Kier alpha value is -1.75. The van der Waals surface area contributed by atoms with Gasteiger partial charge in [-0.1, -0.05) is 44.7 Å². The fourth-order valence-corrected chi connectivity index (χ4v) is 2.95. The highest BCUT2D eigenvalue weighted by Gasteiger charge is 2.10. The van der Waals surface area contributed by atoms with Gasteiger partial charge in [0.05, 0.1) is 5.75 Å². The molecule has 0 aliphatic heterocycles. The number of nitrogens with zero attached hydrogens (tertiary/aromatic N) is 2. The molecule has 1 atom stereocenters. The van der Waals surface area contributed by atoms with Gasteiger partial charge in [-0.2, -0.15) is 0 Å². The molecule has 0 bridgehead atoms. The summed E-state index contributed by atoms with van der Waals surface area (Å²) in [6.07, 6.45) is 4.64. The summed E-state index contributed by atoms with van der Waals surface area (Å²) in [6, 6.07) is 8.70. The van der Waals surface area contributed by atoms with Crippen molar-refractivity contribution in [2.24, 2.45) is 0 Å². The van der Waals surface area contributed by atoms with E-state index in [-0.39, 0.29) is 11.9 Å². The van der Waals surface area contributed by atoms with Crippen molar-refractivity contribution in [3.05, 3.63) is 42.2 Å². The van der Waals surface area contributed by atoms with Gasteiger partial charge in [0.1, 0.15) is 0 Å². The van der Waals surface area contributed by atoms with Crippen LogP contribution in [0.3, 0.4) is 0 Å². The second-order valence-electron chi connectivity index (χ2n) is 5.99. The van der Waals surface area contributed by atoms with Crippen LogP contribution in [0.25, 0.3) is 5.69 Å². The molecule has 5 heteroatoms. The lowest BCUT2D eigenvalue weighted by Crippen LogP contribution is -2.33. The second kappa shape index (κ2) is 8.20. The van der Waals surface area contributed by atoms with E-state index in [0.717, 1.165) is 17.3 Å². The molecule has 0 aliphatic carbocycles. The topological polar surface area (TPSA) is 46.9 Å². The molecule has 1 aromatic carbocycles. The standard InChI is InChI=1S/C18H25N3OS/c1-5-14(4)20-17(22)12-23-18-19-10-11-21(18)16-8-6-15(7-9-16)13(2)3/h6-11,13-14H,5,12H2,1-4H3,(H,20,22)/t14-/m0/s1. The van der Waals surface area contributed by atoms with E-state index in [9.17, 15) is 4.79 Å². The molecule has 0 saturated carbocycles. The predicted molar refractivity (Wildman–Crippen MR) is 96.3 cm³/mol. The molecule has 0 saturated heterocycles. The lowest BCUT2D eigenvalue weighted by molar-refractivity contribution is -0.119. The Labute approximate surface area is 142 Å². The summed E-state index contributed by atoms with van der Waals surface area (Å²) in [4.78, 5) is 16.3. The van der Waals surface area contributed by atoms with Crippen LogP contribution in [-0.2, 0) is 4.79 Å². The summed E-state index contributed by atoms with van der Waals surface area (Å²) in [7, 11) is 0. The second-order valence-corrected chi connectivity index (χ2v) is 6.93. The minimum Gasteiger partial charge on any atom is -0.353 e. The molecule has 1 amide bonds. The maximum atomic E-state index is 11.9. The van der Waals surface area contributed by atoms with Crippen LogP contribution in [-0.4, -0.2) is 27.3 Å². The number of carbonyl (C=O) groups excluding carboxylic acids is 1. The van der Waals surface area contributed by atoms with Gasteiger partial charge in [-0.15, -0.1) is 0 Å². The van der Waals surface area contributed by atoms with Crippen LogP contribution in [0.4, 0.5) is 0 Å². The molecule has 0 unspecified atom stereocenters. The van der Waals surface area contributed by atoms with Crippen molar-refractivity contribution in [2.75, 3.05) is 5.75 Å². The van der Waals surface area contributed by atoms with Gasteiger partial charge in [0.2, 0.25) is 5.91 Å². The van der Waals surface area contributed by atoms with Crippen LogP contribution in [0.1, 0.15) is 45.6 Å². The van der Waals surface area contributed by atoms with Gasteiger partial charge in [-0.25, -0.2) is 4.98 Å². The van der Waals surface area contributed by atoms with E-state index in [0.29, 0.717) is 11.7 Å². The molecular formula is C18H25N3OS. The first kappa shape index (κ1) is 17.6. The number of imidazole rings is 1. The molecule has 4 nitrogen and oxygen atoms in total. The molecule has 1 aromatic heterocycles. The Bertz CT molecular complexity index is 634. The quantitative estimate of drug-likeness (QED) is 0.780. The first-order valence-electron chi connectivity index (χ1n) is 8.07. The Morgan fingerprint density at radius 3 is 2.57 bits per heavy atom. The first-order chi connectivity index (χ1) is 11.0. The number of benzene rings is 1. The SMILES string of the molecule is CC[C@H](C)NC(=O)CSc1nccn1-c1ccc(C(C)C)cc1. The van der Waals surface area contributed by atoms with Crippen molar-refractivity contribution < 1.29 is 4.79 Å². The van der Waals surface area contributed by atoms with Gasteiger partial charge in [0, 0.05) is 24.1 Å².